The molecule has 0 rings (SSSR count). The van der Waals surface area contributed by atoms with Crippen molar-refractivity contribution in [1.82, 2.24) is 0 Å². The summed E-state index contributed by atoms with van der Waals surface area (Å²) in [7, 11) is 0. The van der Waals surface area contributed by atoms with Gasteiger partial charge in [-0.25, -0.2) is 4.79 Å². The second-order valence-corrected chi connectivity index (χ2v) is 6.34. The molecule has 0 spiro atoms. The van der Waals surface area contributed by atoms with E-state index in [9.17, 15) is 14.4 Å². The average molecular weight is 328 g/mol. The molecule has 6 heteroatoms. The number of hydrogen-bond acceptors (Lipinski definition) is 5. The highest BCUT2D eigenvalue weighted by Crippen LogP contribution is 2.18. The molecule has 132 valence electrons. The van der Waals surface area contributed by atoms with E-state index in [0.717, 1.165) is 0 Å². The van der Waals surface area contributed by atoms with Crippen LogP contribution in [0.15, 0.2) is 12.2 Å². The van der Waals surface area contributed by atoms with Crippen molar-refractivity contribution in [3.8, 4) is 0 Å². The molecule has 0 amide bonds. The van der Waals surface area contributed by atoms with Crippen LogP contribution < -0.4 is 0 Å². The third kappa shape index (κ3) is 9.71. The molecule has 0 aliphatic rings. The highest BCUT2D eigenvalue weighted by molar-refractivity contribution is 5.96. The molecule has 0 saturated carbocycles. The predicted molar refractivity (Wildman–Crippen MR) is 85.7 cm³/mol. The lowest BCUT2D eigenvalue weighted by atomic mass is 9.97. The van der Waals surface area contributed by atoms with Gasteiger partial charge in [0.15, 0.2) is 0 Å². The van der Waals surface area contributed by atoms with E-state index < -0.39 is 30.2 Å². The molecule has 23 heavy (non-hydrogen) atoms. The summed E-state index contributed by atoms with van der Waals surface area (Å²) < 4.78 is 10.1. The van der Waals surface area contributed by atoms with Crippen molar-refractivity contribution in [2.24, 2.45) is 17.8 Å². The normalized spacial score (nSPS) is 12.1. The summed E-state index contributed by atoms with van der Waals surface area (Å²) in [6, 6.07) is 0. The summed E-state index contributed by atoms with van der Waals surface area (Å²) in [6.45, 7) is 11.9. The minimum atomic E-state index is -1.22. The minimum absolute atomic E-state index is 0.175. The monoisotopic (exact) mass is 328 g/mol. The van der Waals surface area contributed by atoms with Crippen molar-refractivity contribution < 1.29 is 29.0 Å². The van der Waals surface area contributed by atoms with Gasteiger partial charge in [0, 0.05) is 5.57 Å². The van der Waals surface area contributed by atoms with E-state index in [1.54, 1.807) is 0 Å². The maximum absolute atomic E-state index is 12.0. The molecule has 0 aromatic heterocycles. The third-order valence-corrected chi connectivity index (χ3v) is 3.21. The molecule has 0 saturated heterocycles. The molecular weight excluding hydrogens is 300 g/mol. The van der Waals surface area contributed by atoms with E-state index in [1.807, 2.05) is 27.7 Å². The number of carbonyl (C=O) groups excluding carboxylic acids is 2. The van der Waals surface area contributed by atoms with Gasteiger partial charge in [-0.05, 0) is 24.7 Å². The van der Waals surface area contributed by atoms with Gasteiger partial charge in [0.05, 0.1) is 25.6 Å². The summed E-state index contributed by atoms with van der Waals surface area (Å²) >= 11 is 0. The van der Waals surface area contributed by atoms with Crippen LogP contribution in [0.4, 0.5) is 0 Å². The largest absolute Gasteiger partial charge is 0.481 e. The Balaban J connectivity index is 4.67. The quantitative estimate of drug-likeness (QED) is 0.463. The minimum Gasteiger partial charge on any atom is -0.481 e. The molecule has 0 aliphatic carbocycles. The number of esters is 2. The molecular formula is C17H28O6. The third-order valence-electron chi connectivity index (χ3n) is 3.21. The van der Waals surface area contributed by atoms with Crippen LogP contribution in [0.5, 0.6) is 0 Å². The fraction of sp³-hybridized carbons (Fsp3) is 0.706. The van der Waals surface area contributed by atoms with Crippen LogP contribution in [0, 0.1) is 17.8 Å². The summed E-state index contributed by atoms with van der Waals surface area (Å²) in [6.07, 6.45) is 0.803. The molecule has 1 atom stereocenters. The van der Waals surface area contributed by atoms with Gasteiger partial charge in [-0.2, -0.15) is 0 Å². The zero-order chi connectivity index (χ0) is 18.0. The molecule has 0 aromatic carbocycles. The molecule has 1 unspecified atom stereocenters. The van der Waals surface area contributed by atoms with Crippen LogP contribution in [0.2, 0.25) is 0 Å². The van der Waals surface area contributed by atoms with E-state index in [1.165, 1.54) is 0 Å². The maximum atomic E-state index is 12.0. The van der Waals surface area contributed by atoms with Crippen LogP contribution in [0.3, 0.4) is 0 Å². The van der Waals surface area contributed by atoms with Gasteiger partial charge in [-0.1, -0.05) is 34.3 Å². The molecule has 0 aliphatic heterocycles. The SMILES string of the molecule is C=C(C(=O)OCCC(C)C)C(CC(=O)O)C(=O)OCCC(C)C. The fourth-order valence-electron chi connectivity index (χ4n) is 1.64. The second kappa shape index (κ2) is 10.8. The lowest BCUT2D eigenvalue weighted by Crippen LogP contribution is -2.27. The number of rotatable bonds is 11. The Morgan fingerprint density at radius 2 is 1.43 bits per heavy atom. The van der Waals surface area contributed by atoms with Gasteiger partial charge in [-0.15, -0.1) is 0 Å². The highest BCUT2D eigenvalue weighted by Gasteiger charge is 2.31. The zero-order valence-corrected chi connectivity index (χ0v) is 14.5. The molecule has 1 N–H and O–H groups in total. The lowest BCUT2D eigenvalue weighted by Gasteiger charge is -2.17. The van der Waals surface area contributed by atoms with E-state index in [2.05, 4.69) is 6.58 Å². The molecule has 0 heterocycles. The van der Waals surface area contributed by atoms with Crippen molar-refractivity contribution in [3.63, 3.8) is 0 Å². The standard InChI is InChI=1S/C17H28O6/c1-11(2)6-8-22-16(20)13(5)14(10-15(18)19)17(21)23-9-7-12(3)4/h11-12,14H,5-10H2,1-4H3,(H,18,19). The molecule has 0 bridgehead atoms. The van der Waals surface area contributed by atoms with Crippen molar-refractivity contribution in [2.75, 3.05) is 13.2 Å². The van der Waals surface area contributed by atoms with E-state index in [4.69, 9.17) is 14.6 Å². The van der Waals surface area contributed by atoms with Crippen molar-refractivity contribution in [2.45, 2.75) is 47.0 Å². The molecule has 0 radical (unpaired) electrons. The smallest absolute Gasteiger partial charge is 0.334 e. The highest BCUT2D eigenvalue weighted by atomic mass is 16.5. The first-order valence-corrected chi connectivity index (χ1v) is 7.89. The molecule has 0 fully saturated rings. The van der Waals surface area contributed by atoms with Gasteiger partial charge in [0.2, 0.25) is 0 Å². The first-order valence-electron chi connectivity index (χ1n) is 7.89. The summed E-state index contributed by atoms with van der Waals surface area (Å²) in [5, 5.41) is 8.92. The lowest BCUT2D eigenvalue weighted by molar-refractivity contribution is -0.154. The number of carbonyl (C=O) groups is 3. The van der Waals surface area contributed by atoms with Crippen LogP contribution >= 0.6 is 0 Å². The average Bonchev–Trinajstić information content (AvgIpc) is 2.42. The number of hydrogen-bond donors (Lipinski definition) is 1. The Kier molecular flexibility index (Phi) is 9.94. The summed E-state index contributed by atoms with van der Waals surface area (Å²) in [4.78, 5) is 34.9. The van der Waals surface area contributed by atoms with Gasteiger partial charge in [0.1, 0.15) is 0 Å². The van der Waals surface area contributed by atoms with Crippen molar-refractivity contribution in [3.05, 3.63) is 12.2 Å². The van der Waals surface area contributed by atoms with Crippen LogP contribution in [-0.2, 0) is 23.9 Å². The van der Waals surface area contributed by atoms with E-state index >= 15 is 0 Å². The van der Waals surface area contributed by atoms with Gasteiger partial charge in [0.25, 0.3) is 0 Å². The Bertz CT molecular complexity index is 425. The first kappa shape index (κ1) is 21.1. The van der Waals surface area contributed by atoms with Crippen molar-refractivity contribution >= 4 is 17.9 Å². The van der Waals surface area contributed by atoms with Crippen molar-refractivity contribution in [1.29, 1.82) is 0 Å². The molecule has 6 nitrogen and oxygen atoms in total. The van der Waals surface area contributed by atoms with Gasteiger partial charge in [-0.3, -0.25) is 9.59 Å². The number of carboxylic acids is 1. The fourth-order valence-corrected chi connectivity index (χ4v) is 1.64. The number of aliphatic carboxylic acids is 1. The second-order valence-electron chi connectivity index (χ2n) is 6.34. The van der Waals surface area contributed by atoms with Gasteiger partial charge < -0.3 is 14.6 Å². The Labute approximate surface area is 137 Å². The Morgan fingerprint density at radius 3 is 1.87 bits per heavy atom. The summed E-state index contributed by atoms with van der Waals surface area (Å²) in [5.74, 6) is -3.20. The zero-order valence-electron chi connectivity index (χ0n) is 14.5. The topological polar surface area (TPSA) is 89.9 Å². The van der Waals surface area contributed by atoms with Crippen LogP contribution in [0.1, 0.15) is 47.0 Å². The van der Waals surface area contributed by atoms with Gasteiger partial charge >= 0.3 is 17.9 Å². The maximum Gasteiger partial charge on any atom is 0.334 e. The Morgan fingerprint density at radius 1 is 0.957 bits per heavy atom. The van der Waals surface area contributed by atoms with E-state index in [-0.39, 0.29) is 18.8 Å². The number of carboxylic acid groups (broad SMARTS) is 1. The summed E-state index contributed by atoms with van der Waals surface area (Å²) in [5.41, 5.74) is -0.175. The van der Waals surface area contributed by atoms with Crippen LogP contribution in [-0.4, -0.2) is 36.2 Å². The van der Waals surface area contributed by atoms with E-state index in [0.29, 0.717) is 24.7 Å². The predicted octanol–water partition coefficient (Wildman–Crippen LogP) is 2.81. The molecule has 0 aromatic rings. The Hall–Kier alpha value is -1.85. The van der Waals surface area contributed by atoms with Crippen LogP contribution in [0.25, 0.3) is 0 Å². The number of ether oxygens (including phenoxy) is 2. The first-order chi connectivity index (χ1) is 10.6.